The van der Waals surface area contributed by atoms with Gasteiger partial charge in [-0.15, -0.1) is 0 Å². The van der Waals surface area contributed by atoms with E-state index in [0.717, 1.165) is 0 Å². The molecule has 17 heavy (non-hydrogen) atoms. The maximum Gasteiger partial charge on any atom is 0.329 e. The first kappa shape index (κ1) is 15.9. The van der Waals surface area contributed by atoms with E-state index in [1.165, 1.54) is 0 Å². The van der Waals surface area contributed by atoms with Crippen LogP contribution in [0.25, 0.3) is 0 Å². The van der Waals surface area contributed by atoms with Gasteiger partial charge in [-0.05, 0) is 20.8 Å². The summed E-state index contributed by atoms with van der Waals surface area (Å²) in [6.07, 6.45) is 0.399. The molecule has 100 valence electrons. The predicted octanol–water partition coefficient (Wildman–Crippen LogP) is -0.0180. The van der Waals surface area contributed by atoms with Gasteiger partial charge in [0.15, 0.2) is 0 Å². The lowest BCUT2D eigenvalue weighted by Crippen LogP contribution is -2.39. The zero-order valence-electron chi connectivity index (χ0n) is 10.7. The lowest BCUT2D eigenvalue weighted by molar-refractivity contribution is -0.142. The standard InChI is InChI=1S/C11H22N2O4/c1-11(2,3)13-5-4-9(14)12-6-7-17-8-10(15)16/h13H,4-8H2,1-3H3,(H,12,14)(H,15,16). The highest BCUT2D eigenvalue weighted by atomic mass is 16.5. The smallest absolute Gasteiger partial charge is 0.329 e. The monoisotopic (exact) mass is 246 g/mol. The van der Waals surface area contributed by atoms with Gasteiger partial charge in [0, 0.05) is 25.0 Å². The van der Waals surface area contributed by atoms with Crippen molar-refractivity contribution in [3.05, 3.63) is 0 Å². The Labute approximate surface area is 102 Å². The number of nitrogens with one attached hydrogen (secondary N) is 2. The van der Waals surface area contributed by atoms with Crippen LogP contribution in [-0.2, 0) is 14.3 Å². The Morgan fingerprint density at radius 3 is 2.41 bits per heavy atom. The molecule has 0 heterocycles. The Balaban J connectivity index is 3.38. The van der Waals surface area contributed by atoms with E-state index in [2.05, 4.69) is 10.6 Å². The van der Waals surface area contributed by atoms with Crippen molar-refractivity contribution < 1.29 is 19.4 Å². The van der Waals surface area contributed by atoms with Crippen molar-refractivity contribution in [2.24, 2.45) is 0 Å². The Morgan fingerprint density at radius 1 is 1.24 bits per heavy atom. The predicted molar refractivity (Wildman–Crippen MR) is 63.8 cm³/mol. The van der Waals surface area contributed by atoms with Crippen LogP contribution in [0, 0.1) is 0 Å². The van der Waals surface area contributed by atoms with Crippen LogP contribution in [-0.4, -0.2) is 48.8 Å². The Kier molecular flexibility index (Phi) is 7.49. The van der Waals surface area contributed by atoms with Crippen molar-refractivity contribution in [3.63, 3.8) is 0 Å². The van der Waals surface area contributed by atoms with E-state index < -0.39 is 5.97 Å². The van der Waals surface area contributed by atoms with Crippen molar-refractivity contribution in [1.82, 2.24) is 10.6 Å². The summed E-state index contributed by atoms with van der Waals surface area (Å²) in [5, 5.41) is 14.1. The molecule has 0 unspecified atom stereocenters. The molecule has 0 aromatic rings. The summed E-state index contributed by atoms with van der Waals surface area (Å²) in [4.78, 5) is 21.4. The molecule has 0 aliphatic heterocycles. The van der Waals surface area contributed by atoms with Gasteiger partial charge in [-0.1, -0.05) is 0 Å². The molecule has 6 nitrogen and oxygen atoms in total. The maximum absolute atomic E-state index is 11.3. The highest BCUT2D eigenvalue weighted by Gasteiger charge is 2.09. The van der Waals surface area contributed by atoms with Gasteiger partial charge in [-0.3, -0.25) is 4.79 Å². The third kappa shape index (κ3) is 12.8. The molecule has 0 radical (unpaired) electrons. The van der Waals surface area contributed by atoms with E-state index in [1.807, 2.05) is 20.8 Å². The third-order valence-electron chi connectivity index (χ3n) is 1.80. The minimum atomic E-state index is -1.01. The molecule has 1 amide bonds. The topological polar surface area (TPSA) is 87.7 Å². The summed E-state index contributed by atoms with van der Waals surface area (Å²) in [6.45, 7) is 6.93. The number of rotatable bonds is 8. The van der Waals surface area contributed by atoms with Crippen molar-refractivity contribution >= 4 is 11.9 Å². The molecule has 0 bridgehead atoms. The number of hydrogen-bond donors (Lipinski definition) is 3. The Morgan fingerprint density at radius 2 is 1.88 bits per heavy atom. The average Bonchev–Trinajstić information content (AvgIpc) is 2.14. The van der Waals surface area contributed by atoms with Crippen molar-refractivity contribution in [3.8, 4) is 0 Å². The largest absolute Gasteiger partial charge is 0.480 e. The van der Waals surface area contributed by atoms with Crippen LogP contribution in [0.5, 0.6) is 0 Å². The van der Waals surface area contributed by atoms with Gasteiger partial charge >= 0.3 is 5.97 Å². The van der Waals surface area contributed by atoms with Crippen molar-refractivity contribution in [2.45, 2.75) is 32.7 Å². The molecule has 0 aliphatic carbocycles. The van der Waals surface area contributed by atoms with Gasteiger partial charge in [0.1, 0.15) is 6.61 Å². The van der Waals surface area contributed by atoms with Gasteiger partial charge in [-0.2, -0.15) is 0 Å². The van der Waals surface area contributed by atoms with E-state index in [0.29, 0.717) is 19.5 Å². The minimum absolute atomic E-state index is 0.00484. The summed E-state index contributed by atoms with van der Waals surface area (Å²) in [5.41, 5.74) is 0.00484. The SMILES string of the molecule is CC(C)(C)NCCC(=O)NCCOCC(=O)O. The van der Waals surface area contributed by atoms with Gasteiger partial charge in [0.05, 0.1) is 6.61 Å². The number of aliphatic carboxylic acids is 1. The molecule has 0 spiro atoms. The minimum Gasteiger partial charge on any atom is -0.480 e. The van der Waals surface area contributed by atoms with Crippen molar-refractivity contribution in [1.29, 1.82) is 0 Å². The second-order valence-electron chi connectivity index (χ2n) is 4.72. The number of hydrogen-bond acceptors (Lipinski definition) is 4. The normalized spacial score (nSPS) is 11.2. The second kappa shape index (κ2) is 8.03. The number of carbonyl (C=O) groups is 2. The number of ether oxygens (including phenoxy) is 1. The zero-order chi connectivity index (χ0) is 13.3. The van der Waals surface area contributed by atoms with E-state index >= 15 is 0 Å². The summed E-state index contributed by atoms with van der Waals surface area (Å²) in [7, 11) is 0. The molecule has 0 saturated heterocycles. The fraction of sp³-hybridized carbons (Fsp3) is 0.818. The fourth-order valence-electron chi connectivity index (χ4n) is 1.06. The molecule has 0 aliphatic rings. The molecule has 0 saturated carbocycles. The van der Waals surface area contributed by atoms with Crippen LogP contribution >= 0.6 is 0 Å². The quantitative estimate of drug-likeness (QED) is 0.524. The Hall–Kier alpha value is -1.14. The highest BCUT2D eigenvalue weighted by molar-refractivity contribution is 5.76. The zero-order valence-corrected chi connectivity index (χ0v) is 10.7. The summed E-state index contributed by atoms with van der Waals surface area (Å²) < 4.78 is 4.77. The van der Waals surface area contributed by atoms with Gasteiger partial charge < -0.3 is 20.5 Å². The van der Waals surface area contributed by atoms with Crippen LogP contribution in [0.15, 0.2) is 0 Å². The summed E-state index contributed by atoms with van der Waals surface area (Å²) >= 11 is 0. The highest BCUT2D eigenvalue weighted by Crippen LogP contribution is 1.97. The van der Waals surface area contributed by atoms with Crippen LogP contribution in [0.4, 0.5) is 0 Å². The average molecular weight is 246 g/mol. The first-order valence-corrected chi connectivity index (χ1v) is 5.62. The molecular weight excluding hydrogens is 224 g/mol. The van der Waals surface area contributed by atoms with E-state index in [9.17, 15) is 9.59 Å². The molecule has 0 rings (SSSR count). The number of amides is 1. The number of carboxylic acids is 1. The first-order valence-electron chi connectivity index (χ1n) is 5.62. The van der Waals surface area contributed by atoms with E-state index in [-0.39, 0.29) is 24.7 Å². The molecule has 0 fully saturated rings. The van der Waals surface area contributed by atoms with Crippen LogP contribution < -0.4 is 10.6 Å². The third-order valence-corrected chi connectivity index (χ3v) is 1.80. The van der Waals surface area contributed by atoms with Crippen molar-refractivity contribution in [2.75, 3.05) is 26.3 Å². The van der Waals surface area contributed by atoms with Gasteiger partial charge in [0.2, 0.25) is 5.91 Å². The summed E-state index contributed by atoms with van der Waals surface area (Å²) in [6, 6.07) is 0. The van der Waals surface area contributed by atoms with E-state index in [1.54, 1.807) is 0 Å². The number of carboxylic acid groups (broad SMARTS) is 1. The van der Waals surface area contributed by atoms with Gasteiger partial charge in [0.25, 0.3) is 0 Å². The molecule has 3 N–H and O–H groups in total. The molecule has 0 aromatic carbocycles. The number of carbonyl (C=O) groups excluding carboxylic acids is 1. The summed E-state index contributed by atoms with van der Waals surface area (Å²) in [5.74, 6) is -1.08. The molecule has 0 aromatic heterocycles. The first-order chi connectivity index (χ1) is 7.81. The Bertz CT molecular complexity index is 248. The van der Waals surface area contributed by atoms with Crippen LogP contribution in [0.2, 0.25) is 0 Å². The lowest BCUT2D eigenvalue weighted by atomic mass is 10.1. The van der Waals surface area contributed by atoms with Crippen LogP contribution in [0.1, 0.15) is 27.2 Å². The fourth-order valence-corrected chi connectivity index (χ4v) is 1.06. The maximum atomic E-state index is 11.3. The molecule has 0 atom stereocenters. The van der Waals surface area contributed by atoms with Crippen LogP contribution in [0.3, 0.4) is 0 Å². The molecule has 6 heteroatoms. The second-order valence-corrected chi connectivity index (χ2v) is 4.72. The van der Waals surface area contributed by atoms with Gasteiger partial charge in [-0.25, -0.2) is 4.79 Å². The van der Waals surface area contributed by atoms with E-state index in [4.69, 9.17) is 9.84 Å². The lowest BCUT2D eigenvalue weighted by Gasteiger charge is -2.20. The molecular formula is C11H22N2O4.